The van der Waals surface area contributed by atoms with Crippen LogP contribution < -0.4 is 10.2 Å². The molecule has 0 unspecified atom stereocenters. The highest BCUT2D eigenvalue weighted by Gasteiger charge is 2.20. The molecule has 0 atom stereocenters. The van der Waals surface area contributed by atoms with Gasteiger partial charge in [-0.3, -0.25) is 10.3 Å². The Bertz CT molecular complexity index is 443. The highest BCUT2D eigenvalue weighted by atomic mass is 28.3. The summed E-state index contributed by atoms with van der Waals surface area (Å²) in [7, 11) is 0.537. The summed E-state index contributed by atoms with van der Waals surface area (Å²) < 4.78 is 17.1. The Hall–Kier alpha value is -1.08. The SMILES string of the molecule is CONc1ccc(OCC(C)(C)OCOCC[Si](C)(C)C)cc1. The Labute approximate surface area is 141 Å². The fourth-order valence-corrected chi connectivity index (χ4v) is 2.43. The lowest BCUT2D eigenvalue weighted by atomic mass is 10.1. The number of anilines is 1. The van der Waals surface area contributed by atoms with E-state index >= 15 is 0 Å². The fraction of sp³-hybridized carbons (Fsp3) is 0.647. The van der Waals surface area contributed by atoms with E-state index in [-0.39, 0.29) is 0 Å². The highest BCUT2D eigenvalue weighted by molar-refractivity contribution is 6.76. The van der Waals surface area contributed by atoms with Gasteiger partial charge in [0, 0.05) is 14.7 Å². The molecular weight excluding hydrogens is 310 g/mol. The van der Waals surface area contributed by atoms with Crippen molar-refractivity contribution in [1.82, 2.24) is 0 Å². The van der Waals surface area contributed by atoms with E-state index in [1.165, 1.54) is 0 Å². The summed E-state index contributed by atoms with van der Waals surface area (Å²) in [6, 6.07) is 8.72. The van der Waals surface area contributed by atoms with Gasteiger partial charge in [-0.15, -0.1) is 0 Å². The quantitative estimate of drug-likeness (QED) is 0.284. The maximum absolute atomic E-state index is 5.77. The topological polar surface area (TPSA) is 49.0 Å². The molecule has 0 amide bonds. The summed E-state index contributed by atoms with van der Waals surface area (Å²) in [5.74, 6) is 0.794. The molecule has 0 radical (unpaired) electrons. The third-order valence-electron chi connectivity index (χ3n) is 3.19. The molecule has 1 N–H and O–H groups in total. The van der Waals surface area contributed by atoms with Gasteiger partial charge in [0.2, 0.25) is 0 Å². The number of hydrogen-bond donors (Lipinski definition) is 1. The van der Waals surface area contributed by atoms with Crippen molar-refractivity contribution < 1.29 is 19.0 Å². The zero-order valence-electron chi connectivity index (χ0n) is 15.3. The Balaban J connectivity index is 2.26. The summed E-state index contributed by atoms with van der Waals surface area (Å²) in [5, 5.41) is 0. The van der Waals surface area contributed by atoms with Crippen molar-refractivity contribution in [2.75, 3.05) is 32.6 Å². The molecule has 0 saturated heterocycles. The first kappa shape index (κ1) is 20.0. The first-order valence-electron chi connectivity index (χ1n) is 7.95. The average molecular weight is 342 g/mol. The summed E-state index contributed by atoms with van der Waals surface area (Å²) in [6.07, 6.45) is 0. The number of nitrogens with one attached hydrogen (secondary N) is 1. The molecule has 23 heavy (non-hydrogen) atoms. The lowest BCUT2D eigenvalue weighted by molar-refractivity contribution is -0.137. The Morgan fingerprint density at radius 1 is 1.09 bits per heavy atom. The molecule has 1 rings (SSSR count). The molecule has 0 bridgehead atoms. The van der Waals surface area contributed by atoms with Crippen LogP contribution in [0, 0.1) is 0 Å². The van der Waals surface area contributed by atoms with Gasteiger partial charge in [-0.2, -0.15) is 0 Å². The standard InChI is InChI=1S/C17H31NO4Si/c1-17(2,22-14-20-11-12-23(4,5)6)13-21-16-9-7-15(8-10-16)18-19-3/h7-10,18H,11-14H2,1-6H3. The minimum Gasteiger partial charge on any atom is -0.491 e. The van der Waals surface area contributed by atoms with Crippen molar-refractivity contribution in [3.63, 3.8) is 0 Å². The largest absolute Gasteiger partial charge is 0.491 e. The minimum atomic E-state index is -1.04. The molecule has 1 aromatic rings. The molecule has 0 fully saturated rings. The number of ether oxygens (including phenoxy) is 3. The van der Waals surface area contributed by atoms with Crippen LogP contribution in [0.25, 0.3) is 0 Å². The van der Waals surface area contributed by atoms with E-state index < -0.39 is 13.7 Å². The van der Waals surface area contributed by atoms with Crippen molar-refractivity contribution >= 4 is 13.8 Å². The minimum absolute atomic E-state index is 0.303. The van der Waals surface area contributed by atoms with Gasteiger partial charge in [0.1, 0.15) is 19.1 Å². The van der Waals surface area contributed by atoms with Crippen LogP contribution in [0.5, 0.6) is 5.75 Å². The smallest absolute Gasteiger partial charge is 0.147 e. The number of hydrogen-bond acceptors (Lipinski definition) is 5. The third kappa shape index (κ3) is 9.60. The lowest BCUT2D eigenvalue weighted by Gasteiger charge is -2.25. The maximum Gasteiger partial charge on any atom is 0.147 e. The monoisotopic (exact) mass is 341 g/mol. The zero-order valence-corrected chi connectivity index (χ0v) is 16.3. The molecule has 5 nitrogen and oxygen atoms in total. The van der Waals surface area contributed by atoms with Gasteiger partial charge in [-0.25, -0.2) is 0 Å². The highest BCUT2D eigenvalue weighted by Crippen LogP contribution is 2.18. The van der Waals surface area contributed by atoms with E-state index in [4.69, 9.17) is 19.0 Å². The van der Waals surface area contributed by atoms with Crippen LogP contribution in [-0.4, -0.2) is 40.8 Å². The molecular formula is C17H31NO4Si. The van der Waals surface area contributed by atoms with E-state index in [1.54, 1.807) is 7.11 Å². The number of rotatable bonds is 11. The molecule has 6 heteroatoms. The molecule has 0 aliphatic carbocycles. The van der Waals surface area contributed by atoms with Crippen molar-refractivity contribution in [3.05, 3.63) is 24.3 Å². The van der Waals surface area contributed by atoms with Gasteiger partial charge >= 0.3 is 0 Å². The molecule has 1 aromatic carbocycles. The van der Waals surface area contributed by atoms with E-state index in [2.05, 4.69) is 25.1 Å². The molecule has 0 aliphatic heterocycles. The molecule has 0 heterocycles. The predicted octanol–water partition coefficient (Wildman–Crippen LogP) is 4.15. The second-order valence-corrected chi connectivity index (χ2v) is 13.0. The van der Waals surface area contributed by atoms with E-state index in [0.29, 0.717) is 13.4 Å². The molecule has 0 aromatic heterocycles. The van der Waals surface area contributed by atoms with Crippen LogP contribution in [-0.2, 0) is 14.3 Å². The first-order chi connectivity index (χ1) is 10.7. The van der Waals surface area contributed by atoms with Crippen LogP contribution in [0.1, 0.15) is 13.8 Å². The summed E-state index contributed by atoms with van der Waals surface area (Å²) >= 11 is 0. The van der Waals surface area contributed by atoms with Gasteiger partial charge in [0.25, 0.3) is 0 Å². The van der Waals surface area contributed by atoms with E-state index in [9.17, 15) is 0 Å². The van der Waals surface area contributed by atoms with E-state index in [0.717, 1.165) is 24.1 Å². The van der Waals surface area contributed by atoms with E-state index in [1.807, 2.05) is 38.1 Å². The van der Waals surface area contributed by atoms with Crippen molar-refractivity contribution in [1.29, 1.82) is 0 Å². The van der Waals surface area contributed by atoms with Gasteiger partial charge in [-0.05, 0) is 44.2 Å². The summed E-state index contributed by atoms with van der Waals surface area (Å²) in [4.78, 5) is 4.84. The van der Waals surface area contributed by atoms with Crippen LogP contribution >= 0.6 is 0 Å². The van der Waals surface area contributed by atoms with Crippen LogP contribution in [0.3, 0.4) is 0 Å². The fourth-order valence-electron chi connectivity index (χ4n) is 1.67. The molecule has 0 saturated carbocycles. The number of benzene rings is 1. The Kier molecular flexibility index (Phi) is 8.05. The normalized spacial score (nSPS) is 12.3. The van der Waals surface area contributed by atoms with Gasteiger partial charge < -0.3 is 14.2 Å². The molecule has 0 aliphatic rings. The van der Waals surface area contributed by atoms with Crippen molar-refractivity contribution in [3.8, 4) is 5.75 Å². The summed E-state index contributed by atoms with van der Waals surface area (Å²) in [6.45, 7) is 12.5. The predicted molar refractivity (Wildman–Crippen MR) is 96.7 cm³/mol. The third-order valence-corrected chi connectivity index (χ3v) is 4.89. The second kappa shape index (κ2) is 9.27. The second-order valence-electron chi connectivity index (χ2n) is 7.36. The Morgan fingerprint density at radius 3 is 2.30 bits per heavy atom. The Morgan fingerprint density at radius 2 is 1.74 bits per heavy atom. The van der Waals surface area contributed by atoms with Crippen molar-refractivity contribution in [2.24, 2.45) is 0 Å². The van der Waals surface area contributed by atoms with Crippen LogP contribution in [0.4, 0.5) is 5.69 Å². The molecule has 0 spiro atoms. The maximum atomic E-state index is 5.77. The van der Waals surface area contributed by atoms with Gasteiger partial charge in [-0.1, -0.05) is 19.6 Å². The lowest BCUT2D eigenvalue weighted by Crippen LogP contribution is -2.33. The van der Waals surface area contributed by atoms with Crippen molar-refractivity contribution in [2.45, 2.75) is 45.1 Å². The molecule has 132 valence electrons. The average Bonchev–Trinajstić information content (AvgIpc) is 2.45. The van der Waals surface area contributed by atoms with Crippen LogP contribution in [0.2, 0.25) is 25.7 Å². The summed E-state index contributed by atoms with van der Waals surface area (Å²) in [5.41, 5.74) is 3.24. The zero-order chi connectivity index (χ0) is 17.3. The van der Waals surface area contributed by atoms with Gasteiger partial charge in [0.15, 0.2) is 0 Å². The van der Waals surface area contributed by atoms with Gasteiger partial charge in [0.05, 0.1) is 18.4 Å². The van der Waals surface area contributed by atoms with Crippen LogP contribution in [0.15, 0.2) is 24.3 Å². The first-order valence-corrected chi connectivity index (χ1v) is 11.7.